The minimum absolute atomic E-state index is 0.908. The fourth-order valence-electron chi connectivity index (χ4n) is 10.9. The summed E-state index contributed by atoms with van der Waals surface area (Å²) in [6.07, 6.45) is 0. The molecule has 0 N–H and O–H groups in total. The molecule has 4 heteroatoms. The topological polar surface area (TPSA) is 35.1 Å². The molecule has 0 atom stereocenters. The van der Waals surface area contributed by atoms with E-state index in [2.05, 4.69) is 167 Å². The summed E-state index contributed by atoms with van der Waals surface area (Å²) in [4.78, 5) is 0. The zero-order valence-corrected chi connectivity index (χ0v) is 30.9. The predicted molar refractivity (Wildman–Crippen MR) is 241 cm³/mol. The maximum absolute atomic E-state index is 6.38. The van der Waals surface area contributed by atoms with Crippen LogP contribution < -0.4 is 0 Å². The van der Waals surface area contributed by atoms with Crippen molar-refractivity contribution in [3.8, 4) is 22.3 Å². The van der Waals surface area contributed by atoms with Crippen LogP contribution in [0.4, 0.5) is 0 Å². The summed E-state index contributed by atoms with van der Waals surface area (Å²) in [6, 6.07) is 61.8. The number of hydrogen-bond acceptors (Lipinski definition) is 2. The molecule has 0 aliphatic heterocycles. The van der Waals surface area contributed by atoms with Gasteiger partial charge in [-0.3, -0.25) is 0 Å². The van der Waals surface area contributed by atoms with Crippen LogP contribution in [0.5, 0.6) is 0 Å². The molecule has 4 nitrogen and oxygen atoms in total. The van der Waals surface area contributed by atoms with Gasteiger partial charge in [0.25, 0.3) is 0 Å². The van der Waals surface area contributed by atoms with Crippen molar-refractivity contribution in [2.24, 2.45) is 0 Å². The summed E-state index contributed by atoms with van der Waals surface area (Å²) in [6.45, 7) is 0. The second-order valence-electron chi connectivity index (χ2n) is 15.9. The molecule has 58 heavy (non-hydrogen) atoms. The Balaban J connectivity index is 1.16. The van der Waals surface area contributed by atoms with Crippen LogP contribution in [0.15, 0.2) is 179 Å². The highest BCUT2D eigenvalue weighted by atomic mass is 16.3. The first kappa shape index (κ1) is 29.5. The third-order valence-corrected chi connectivity index (χ3v) is 13.2. The molecule has 0 saturated carbocycles. The molecule has 0 fully saturated rings. The van der Waals surface area contributed by atoms with E-state index in [0.717, 1.165) is 43.9 Å². The van der Waals surface area contributed by atoms with E-state index < -0.39 is 0 Å². The minimum atomic E-state index is 0.908. The van der Waals surface area contributed by atoms with Crippen LogP contribution in [-0.4, -0.2) is 8.80 Å². The molecule has 0 saturated heterocycles. The molecule has 15 aromatic rings. The lowest BCUT2D eigenvalue weighted by Crippen LogP contribution is -1.83. The lowest BCUT2D eigenvalue weighted by molar-refractivity contribution is 0.668. The van der Waals surface area contributed by atoms with Crippen LogP contribution in [0.3, 0.4) is 0 Å². The summed E-state index contributed by atoms with van der Waals surface area (Å²) in [5.74, 6) is 0. The Kier molecular flexibility index (Phi) is 5.14. The highest BCUT2D eigenvalue weighted by molar-refractivity contribution is 6.45. The van der Waals surface area contributed by atoms with E-state index in [0.29, 0.717) is 0 Å². The molecular formula is C54H28N2O2. The van der Waals surface area contributed by atoms with Gasteiger partial charge in [0.15, 0.2) is 0 Å². The molecule has 0 aliphatic carbocycles. The highest BCUT2D eigenvalue weighted by Crippen LogP contribution is 2.53. The van der Waals surface area contributed by atoms with Crippen LogP contribution in [0.25, 0.3) is 142 Å². The van der Waals surface area contributed by atoms with Gasteiger partial charge >= 0.3 is 0 Å². The van der Waals surface area contributed by atoms with E-state index in [1.807, 2.05) is 12.1 Å². The molecule has 0 bridgehead atoms. The average Bonchev–Trinajstić information content (AvgIpc) is 4.12. The van der Waals surface area contributed by atoms with E-state index >= 15 is 0 Å². The van der Waals surface area contributed by atoms with E-state index in [-0.39, 0.29) is 0 Å². The number of benzene rings is 9. The molecule has 15 rings (SSSR count). The Morgan fingerprint density at radius 2 is 0.655 bits per heavy atom. The summed E-state index contributed by atoms with van der Waals surface area (Å²) >= 11 is 0. The molecule has 0 amide bonds. The lowest BCUT2D eigenvalue weighted by atomic mass is 9.94. The normalized spacial score (nSPS) is 12.8. The van der Waals surface area contributed by atoms with Gasteiger partial charge in [0, 0.05) is 64.6 Å². The van der Waals surface area contributed by atoms with Crippen molar-refractivity contribution < 1.29 is 8.83 Å². The van der Waals surface area contributed by atoms with Crippen molar-refractivity contribution in [2.45, 2.75) is 0 Å². The average molecular weight is 737 g/mol. The Labute approximate surface area is 328 Å². The fraction of sp³-hybridized carbons (Fsp3) is 0. The Bertz CT molecular complexity index is 3990. The number of nitrogens with zero attached hydrogens (tertiary/aromatic N) is 2. The number of rotatable bonds is 2. The Morgan fingerprint density at radius 1 is 0.276 bits per heavy atom. The summed E-state index contributed by atoms with van der Waals surface area (Å²) in [5, 5.41) is 14.9. The summed E-state index contributed by atoms with van der Waals surface area (Å²) in [7, 11) is 0. The van der Waals surface area contributed by atoms with Gasteiger partial charge in [-0.2, -0.15) is 0 Å². The highest BCUT2D eigenvalue weighted by Gasteiger charge is 2.29. The molecule has 6 heterocycles. The van der Waals surface area contributed by atoms with Gasteiger partial charge < -0.3 is 17.6 Å². The van der Waals surface area contributed by atoms with Crippen molar-refractivity contribution in [3.63, 3.8) is 0 Å². The maximum Gasteiger partial charge on any atom is 0.136 e. The number of aromatic nitrogens is 2. The fourth-order valence-corrected chi connectivity index (χ4v) is 10.9. The van der Waals surface area contributed by atoms with Crippen LogP contribution in [0.2, 0.25) is 0 Å². The van der Waals surface area contributed by atoms with Crippen molar-refractivity contribution in [1.82, 2.24) is 8.80 Å². The van der Waals surface area contributed by atoms with Gasteiger partial charge in [-0.1, -0.05) is 109 Å². The summed E-state index contributed by atoms with van der Waals surface area (Å²) < 4.78 is 17.8. The second-order valence-corrected chi connectivity index (χ2v) is 15.9. The van der Waals surface area contributed by atoms with Crippen LogP contribution in [0.1, 0.15) is 0 Å². The molecule has 0 unspecified atom stereocenters. The van der Waals surface area contributed by atoms with E-state index in [9.17, 15) is 0 Å². The lowest BCUT2D eigenvalue weighted by Gasteiger charge is -2.07. The van der Waals surface area contributed by atoms with Gasteiger partial charge in [0.2, 0.25) is 0 Å². The monoisotopic (exact) mass is 736 g/mol. The predicted octanol–water partition coefficient (Wildman–Crippen LogP) is 15.1. The number of para-hydroxylation sites is 4. The van der Waals surface area contributed by atoms with Crippen LogP contribution >= 0.6 is 0 Å². The van der Waals surface area contributed by atoms with Crippen LogP contribution in [0, 0.1) is 0 Å². The van der Waals surface area contributed by atoms with Crippen molar-refractivity contribution in [3.05, 3.63) is 170 Å². The van der Waals surface area contributed by atoms with Crippen molar-refractivity contribution >= 4 is 120 Å². The summed E-state index contributed by atoms with van der Waals surface area (Å²) in [5.41, 5.74) is 15.8. The molecular weight excluding hydrogens is 709 g/mol. The first-order valence-electron chi connectivity index (χ1n) is 19.9. The standard InChI is InChI=1S/C54H28N2O2/c1-5-17-39-33(11-1)49-50-34-12-2-6-18-40(34)56-42-26-24-30(32-16-10-22-46-48(32)36-14-4-8-20-44(36)58-46)28-38(42)52(54(50)56)51-37-27-29(23-25-41(37)55(39)53(49)51)31-15-9-21-45-47(31)35-13-3-7-19-43(35)57-45/h1-28H. The van der Waals surface area contributed by atoms with Gasteiger partial charge in [-0.15, -0.1) is 0 Å². The minimum Gasteiger partial charge on any atom is -0.456 e. The van der Waals surface area contributed by atoms with Crippen molar-refractivity contribution in [2.75, 3.05) is 0 Å². The van der Waals surface area contributed by atoms with E-state index in [1.54, 1.807) is 0 Å². The molecule has 6 aromatic heterocycles. The van der Waals surface area contributed by atoms with Gasteiger partial charge in [-0.25, -0.2) is 0 Å². The Hall–Kier alpha value is -7.82. The van der Waals surface area contributed by atoms with E-state index in [4.69, 9.17) is 8.83 Å². The number of hydrogen-bond donors (Lipinski definition) is 0. The first-order valence-corrected chi connectivity index (χ1v) is 19.9. The Morgan fingerprint density at radius 3 is 1.14 bits per heavy atom. The zero-order valence-electron chi connectivity index (χ0n) is 30.9. The quantitative estimate of drug-likeness (QED) is 0.177. The SMILES string of the molecule is c1ccc2c(c1)oc1cccc(-c3ccc4c(c3)c3c5c6cc(-c7cccc8oc9ccccc9c78)ccc6n6c7ccccc7c(c7c8ccccc8n4c73)c56)c12. The third kappa shape index (κ3) is 3.38. The number of furan rings is 2. The second kappa shape index (κ2) is 10.1. The van der Waals surface area contributed by atoms with E-state index in [1.165, 1.54) is 98.4 Å². The maximum atomic E-state index is 6.38. The third-order valence-electron chi connectivity index (χ3n) is 13.2. The van der Waals surface area contributed by atoms with Crippen molar-refractivity contribution in [1.29, 1.82) is 0 Å². The molecule has 0 radical (unpaired) electrons. The largest absolute Gasteiger partial charge is 0.456 e. The zero-order chi connectivity index (χ0) is 37.4. The van der Waals surface area contributed by atoms with Crippen LogP contribution in [-0.2, 0) is 0 Å². The van der Waals surface area contributed by atoms with Gasteiger partial charge in [0.1, 0.15) is 22.3 Å². The van der Waals surface area contributed by atoms with Gasteiger partial charge in [-0.05, 0) is 82.9 Å². The molecule has 266 valence electrons. The smallest absolute Gasteiger partial charge is 0.136 e. The number of fused-ring (bicyclic) bond motifs is 20. The molecule has 9 aromatic carbocycles. The first-order chi connectivity index (χ1) is 28.8. The molecule has 0 aliphatic rings. The molecule has 0 spiro atoms. The van der Waals surface area contributed by atoms with Gasteiger partial charge in [0.05, 0.1) is 33.1 Å².